The van der Waals surface area contributed by atoms with E-state index in [1.165, 1.54) is 4.90 Å². The fourth-order valence-electron chi connectivity index (χ4n) is 1.61. The molecule has 2 nitrogen and oxygen atoms in total. The zero-order chi connectivity index (χ0) is 12.6. The van der Waals surface area contributed by atoms with Gasteiger partial charge in [-0.1, -0.05) is 25.1 Å². The topological polar surface area (TPSA) is 24.9 Å². The van der Waals surface area contributed by atoms with E-state index >= 15 is 0 Å². The molecule has 0 aliphatic carbocycles. The van der Waals surface area contributed by atoms with Crippen LogP contribution in [0.15, 0.2) is 53.6 Å². The number of hydrogen-bond acceptors (Lipinski definition) is 3. The van der Waals surface area contributed by atoms with Gasteiger partial charge in [0.15, 0.2) is 0 Å². The average Bonchev–Trinajstić information content (AvgIpc) is 2.44. The van der Waals surface area contributed by atoms with Crippen molar-refractivity contribution in [3.63, 3.8) is 0 Å². The lowest BCUT2D eigenvalue weighted by Gasteiger charge is -2.06. The lowest BCUT2D eigenvalue weighted by Crippen LogP contribution is -2.00. The highest BCUT2D eigenvalue weighted by Crippen LogP contribution is 2.22. The Morgan fingerprint density at radius 2 is 2.00 bits per heavy atom. The second-order valence-corrected chi connectivity index (χ2v) is 5.11. The van der Waals surface area contributed by atoms with E-state index in [0.29, 0.717) is 0 Å². The number of nitrogens with zero attached hydrogens (tertiary/aromatic N) is 1. The van der Waals surface area contributed by atoms with Crippen LogP contribution < -0.4 is 5.32 Å². The Labute approximate surface area is 113 Å². The van der Waals surface area contributed by atoms with Gasteiger partial charge in [0.05, 0.1) is 5.69 Å². The molecular formula is C15H18N2S. The van der Waals surface area contributed by atoms with Crippen LogP contribution >= 0.6 is 11.8 Å². The minimum Gasteiger partial charge on any atom is -0.385 e. The number of benzene rings is 1. The zero-order valence-electron chi connectivity index (χ0n) is 10.6. The van der Waals surface area contributed by atoms with Gasteiger partial charge in [-0.25, -0.2) is 0 Å². The van der Waals surface area contributed by atoms with Gasteiger partial charge >= 0.3 is 0 Å². The molecule has 0 atom stereocenters. The first-order valence-corrected chi connectivity index (χ1v) is 7.23. The summed E-state index contributed by atoms with van der Waals surface area (Å²) in [6, 6.07) is 14.6. The van der Waals surface area contributed by atoms with Gasteiger partial charge in [-0.05, 0) is 30.7 Å². The fourth-order valence-corrected chi connectivity index (χ4v) is 2.43. The Bertz CT molecular complexity index is 471. The normalized spacial score (nSPS) is 10.3. The van der Waals surface area contributed by atoms with Gasteiger partial charge in [-0.3, -0.25) is 4.98 Å². The summed E-state index contributed by atoms with van der Waals surface area (Å²) in [5.74, 6) is 0.908. The largest absolute Gasteiger partial charge is 0.385 e. The van der Waals surface area contributed by atoms with Crippen LogP contribution in [0, 0.1) is 0 Å². The van der Waals surface area contributed by atoms with Gasteiger partial charge in [0.2, 0.25) is 0 Å². The molecule has 1 heterocycles. The smallest absolute Gasteiger partial charge is 0.0526 e. The van der Waals surface area contributed by atoms with Crippen molar-refractivity contribution in [3.8, 4) is 0 Å². The number of pyridine rings is 1. The molecule has 0 saturated carbocycles. The van der Waals surface area contributed by atoms with Crippen molar-refractivity contribution in [1.82, 2.24) is 4.98 Å². The Kier molecular flexibility index (Phi) is 5.09. The summed E-state index contributed by atoms with van der Waals surface area (Å²) in [7, 11) is 0. The molecule has 94 valence electrons. The minimum atomic E-state index is 0.908. The average molecular weight is 258 g/mol. The van der Waals surface area contributed by atoms with Crippen LogP contribution in [0.3, 0.4) is 0 Å². The molecule has 1 aromatic heterocycles. The van der Waals surface area contributed by atoms with Gasteiger partial charge in [-0.15, -0.1) is 11.8 Å². The first-order valence-electron chi connectivity index (χ1n) is 6.25. The molecule has 0 amide bonds. The highest BCUT2D eigenvalue weighted by molar-refractivity contribution is 7.98. The van der Waals surface area contributed by atoms with Crippen LogP contribution in [-0.2, 0) is 5.75 Å². The van der Waals surface area contributed by atoms with E-state index in [2.05, 4.69) is 47.6 Å². The van der Waals surface area contributed by atoms with Crippen LogP contribution in [0.5, 0.6) is 0 Å². The number of nitrogens with one attached hydrogen (secondary N) is 1. The van der Waals surface area contributed by atoms with Crippen LogP contribution in [0.2, 0.25) is 0 Å². The molecule has 0 aliphatic heterocycles. The van der Waals surface area contributed by atoms with E-state index in [4.69, 9.17) is 0 Å². The van der Waals surface area contributed by atoms with E-state index in [1.54, 1.807) is 0 Å². The maximum atomic E-state index is 4.40. The van der Waals surface area contributed by atoms with Gasteiger partial charge < -0.3 is 5.32 Å². The molecule has 18 heavy (non-hydrogen) atoms. The van der Waals surface area contributed by atoms with Gasteiger partial charge in [-0.2, -0.15) is 0 Å². The van der Waals surface area contributed by atoms with Crippen LogP contribution in [0.1, 0.15) is 19.0 Å². The molecule has 2 aromatic rings. The van der Waals surface area contributed by atoms with Gasteiger partial charge in [0.25, 0.3) is 0 Å². The van der Waals surface area contributed by atoms with E-state index in [-0.39, 0.29) is 0 Å². The second-order valence-electron chi connectivity index (χ2n) is 4.06. The summed E-state index contributed by atoms with van der Waals surface area (Å²) in [5, 5.41) is 3.38. The van der Waals surface area contributed by atoms with Crippen LogP contribution in [0.4, 0.5) is 5.69 Å². The molecule has 0 unspecified atom stereocenters. The maximum absolute atomic E-state index is 4.40. The van der Waals surface area contributed by atoms with Crippen LogP contribution in [0.25, 0.3) is 0 Å². The quantitative estimate of drug-likeness (QED) is 0.786. The molecule has 0 spiro atoms. The Balaban J connectivity index is 1.93. The van der Waals surface area contributed by atoms with Gasteiger partial charge in [0.1, 0.15) is 0 Å². The summed E-state index contributed by atoms with van der Waals surface area (Å²) in [6.07, 6.45) is 3.01. The van der Waals surface area contributed by atoms with Crippen molar-refractivity contribution >= 4 is 17.4 Å². The van der Waals surface area contributed by atoms with Crippen molar-refractivity contribution in [2.75, 3.05) is 11.9 Å². The highest BCUT2D eigenvalue weighted by Gasteiger charge is 1.99. The third-order valence-electron chi connectivity index (χ3n) is 2.53. The molecule has 0 saturated heterocycles. The summed E-state index contributed by atoms with van der Waals surface area (Å²) >= 11 is 1.82. The molecule has 3 heteroatoms. The number of thioether (sulfide) groups is 1. The molecule has 1 N–H and O–H groups in total. The highest BCUT2D eigenvalue weighted by atomic mass is 32.2. The standard InChI is InChI=1S/C15H18N2S/c1-2-9-16-13-8-10-17-14(11-13)12-18-15-6-4-3-5-7-15/h3-8,10-11H,2,9,12H2,1H3,(H,16,17). The predicted molar refractivity (Wildman–Crippen MR) is 79.0 cm³/mol. The van der Waals surface area contributed by atoms with Crippen molar-refractivity contribution in [3.05, 3.63) is 54.4 Å². The summed E-state index contributed by atoms with van der Waals surface area (Å²) in [6.45, 7) is 3.18. The molecular weight excluding hydrogens is 240 g/mol. The monoisotopic (exact) mass is 258 g/mol. The lowest BCUT2D eigenvalue weighted by atomic mass is 10.3. The summed E-state index contributed by atoms with van der Waals surface area (Å²) < 4.78 is 0. The predicted octanol–water partition coefficient (Wildman–Crippen LogP) is 4.20. The first-order chi connectivity index (χ1) is 8.88. The molecule has 0 radical (unpaired) electrons. The maximum Gasteiger partial charge on any atom is 0.0526 e. The first kappa shape index (κ1) is 13.0. The van der Waals surface area contributed by atoms with E-state index in [9.17, 15) is 0 Å². The number of anilines is 1. The minimum absolute atomic E-state index is 0.908. The third-order valence-corrected chi connectivity index (χ3v) is 3.57. The SMILES string of the molecule is CCCNc1ccnc(CSc2ccccc2)c1. The van der Waals surface area contributed by atoms with E-state index < -0.39 is 0 Å². The van der Waals surface area contributed by atoms with E-state index in [0.717, 1.165) is 30.1 Å². The molecule has 0 aliphatic rings. The number of hydrogen-bond donors (Lipinski definition) is 1. The summed E-state index contributed by atoms with van der Waals surface area (Å²) in [5.41, 5.74) is 2.28. The molecule has 2 rings (SSSR count). The second kappa shape index (κ2) is 7.07. The van der Waals surface area contributed by atoms with Crippen molar-refractivity contribution in [2.24, 2.45) is 0 Å². The molecule has 1 aromatic carbocycles. The molecule has 0 fully saturated rings. The summed E-state index contributed by atoms with van der Waals surface area (Å²) in [4.78, 5) is 5.69. The van der Waals surface area contributed by atoms with E-state index in [1.807, 2.05) is 30.1 Å². The van der Waals surface area contributed by atoms with Crippen molar-refractivity contribution in [1.29, 1.82) is 0 Å². The number of rotatable bonds is 6. The third kappa shape index (κ3) is 4.08. The Hall–Kier alpha value is -1.48. The number of aromatic nitrogens is 1. The molecule has 0 bridgehead atoms. The fraction of sp³-hybridized carbons (Fsp3) is 0.267. The lowest BCUT2D eigenvalue weighted by molar-refractivity contribution is 0.977. The van der Waals surface area contributed by atoms with Gasteiger partial charge in [0, 0.05) is 29.1 Å². The Morgan fingerprint density at radius 1 is 1.17 bits per heavy atom. The van der Waals surface area contributed by atoms with Crippen molar-refractivity contribution in [2.45, 2.75) is 24.0 Å². The Morgan fingerprint density at radius 3 is 2.78 bits per heavy atom. The zero-order valence-corrected chi connectivity index (χ0v) is 11.4. The van der Waals surface area contributed by atoms with Crippen molar-refractivity contribution < 1.29 is 0 Å². The van der Waals surface area contributed by atoms with Crippen LogP contribution in [-0.4, -0.2) is 11.5 Å².